The fraction of sp³-hybridized carbons (Fsp3) is 0.261. The summed E-state index contributed by atoms with van der Waals surface area (Å²) >= 11 is 6.07. The first-order chi connectivity index (χ1) is 14.6. The van der Waals surface area contributed by atoms with Gasteiger partial charge in [-0.3, -0.25) is 4.68 Å². The Morgan fingerprint density at radius 2 is 1.97 bits per heavy atom. The van der Waals surface area contributed by atoms with Gasteiger partial charge in [-0.05, 0) is 61.7 Å². The van der Waals surface area contributed by atoms with Crippen LogP contribution in [0.25, 0.3) is 22.4 Å². The van der Waals surface area contributed by atoms with E-state index in [1.54, 1.807) is 0 Å². The summed E-state index contributed by atoms with van der Waals surface area (Å²) in [6.07, 6.45) is 4.93. The Hall–Kier alpha value is -3.12. The number of fused-ring (bicyclic) bond motifs is 3. The lowest BCUT2D eigenvalue weighted by molar-refractivity contribution is 0.539. The Labute approximate surface area is 180 Å². The molecule has 2 aromatic carbocycles. The minimum absolute atomic E-state index is 0.142. The van der Waals surface area contributed by atoms with E-state index in [0.29, 0.717) is 0 Å². The van der Waals surface area contributed by atoms with E-state index in [9.17, 15) is 0 Å². The van der Waals surface area contributed by atoms with Crippen molar-refractivity contribution in [3.05, 3.63) is 71.1 Å². The number of nitrogens with zero attached hydrogens (tertiary/aromatic N) is 5. The molecule has 6 nitrogen and oxygen atoms in total. The maximum Gasteiger partial charge on any atom is 0.0918 e. The number of aromatic nitrogens is 5. The molecule has 1 unspecified atom stereocenters. The third-order valence-electron chi connectivity index (χ3n) is 5.69. The van der Waals surface area contributed by atoms with Crippen molar-refractivity contribution in [2.24, 2.45) is 0 Å². The number of nitrogens with one attached hydrogen (secondary N) is 1. The minimum atomic E-state index is 0.142. The number of rotatable bonds is 4. The Morgan fingerprint density at radius 1 is 1.13 bits per heavy atom. The second-order valence-electron chi connectivity index (χ2n) is 7.63. The van der Waals surface area contributed by atoms with E-state index in [4.69, 9.17) is 11.6 Å². The van der Waals surface area contributed by atoms with Crippen molar-refractivity contribution >= 4 is 17.3 Å². The van der Waals surface area contributed by atoms with Gasteiger partial charge >= 0.3 is 0 Å². The van der Waals surface area contributed by atoms with E-state index < -0.39 is 0 Å². The van der Waals surface area contributed by atoms with Crippen LogP contribution in [0.15, 0.2) is 54.9 Å². The molecular weight excluding hydrogens is 396 g/mol. The fourth-order valence-electron chi connectivity index (χ4n) is 4.13. The van der Waals surface area contributed by atoms with Crippen molar-refractivity contribution in [2.45, 2.75) is 39.4 Å². The van der Waals surface area contributed by atoms with Crippen LogP contribution in [0.1, 0.15) is 30.6 Å². The van der Waals surface area contributed by atoms with Gasteiger partial charge in [0.25, 0.3) is 0 Å². The van der Waals surface area contributed by atoms with Gasteiger partial charge in [0.1, 0.15) is 0 Å². The van der Waals surface area contributed by atoms with E-state index in [-0.39, 0.29) is 6.04 Å². The SMILES string of the molecule is CCn1cc(-c2ccc3c(c2)C(Nc2ccc(Cl)cc2)CCn2nnc(C)c2-3)cn1. The molecule has 0 saturated carbocycles. The number of hydrogen-bond acceptors (Lipinski definition) is 4. The summed E-state index contributed by atoms with van der Waals surface area (Å²) in [5.74, 6) is 0. The molecule has 0 saturated heterocycles. The van der Waals surface area contributed by atoms with E-state index in [1.807, 2.05) is 46.7 Å². The summed E-state index contributed by atoms with van der Waals surface area (Å²) in [6, 6.07) is 14.6. The third kappa shape index (κ3) is 3.37. The molecule has 152 valence electrons. The molecule has 0 amide bonds. The van der Waals surface area contributed by atoms with Crippen LogP contribution < -0.4 is 5.32 Å². The monoisotopic (exact) mass is 418 g/mol. The molecule has 7 heteroatoms. The average molecular weight is 419 g/mol. The molecular formula is C23H23ClN6. The maximum atomic E-state index is 6.07. The summed E-state index contributed by atoms with van der Waals surface area (Å²) in [7, 11) is 0. The van der Waals surface area contributed by atoms with Crippen LogP contribution in [0.2, 0.25) is 5.02 Å². The first-order valence-electron chi connectivity index (χ1n) is 10.2. The second kappa shape index (κ2) is 7.61. The number of halogens is 1. The lowest BCUT2D eigenvalue weighted by atomic mass is 9.93. The van der Waals surface area contributed by atoms with Gasteiger partial charge < -0.3 is 5.32 Å². The molecule has 4 aromatic rings. The highest BCUT2D eigenvalue weighted by molar-refractivity contribution is 6.30. The molecule has 3 heterocycles. The summed E-state index contributed by atoms with van der Waals surface area (Å²) in [5.41, 5.74) is 7.81. The highest BCUT2D eigenvalue weighted by Gasteiger charge is 2.25. The zero-order valence-corrected chi connectivity index (χ0v) is 17.8. The quantitative estimate of drug-likeness (QED) is 0.485. The summed E-state index contributed by atoms with van der Waals surface area (Å²) in [5, 5.41) is 17.6. The largest absolute Gasteiger partial charge is 0.378 e. The molecule has 0 bridgehead atoms. The van der Waals surface area contributed by atoms with E-state index >= 15 is 0 Å². The minimum Gasteiger partial charge on any atom is -0.378 e. The Bertz CT molecular complexity index is 1190. The molecule has 0 fully saturated rings. The third-order valence-corrected chi connectivity index (χ3v) is 5.94. The van der Waals surface area contributed by atoms with Gasteiger partial charge in [-0.25, -0.2) is 4.68 Å². The van der Waals surface area contributed by atoms with Crippen LogP contribution in [-0.2, 0) is 13.1 Å². The van der Waals surface area contributed by atoms with Crippen LogP contribution in [0.3, 0.4) is 0 Å². The van der Waals surface area contributed by atoms with E-state index in [0.717, 1.165) is 52.7 Å². The van der Waals surface area contributed by atoms with Crippen molar-refractivity contribution in [3.63, 3.8) is 0 Å². The molecule has 1 aliphatic rings. The predicted octanol–water partition coefficient (Wildman–Crippen LogP) is 5.35. The van der Waals surface area contributed by atoms with Crippen LogP contribution in [-0.4, -0.2) is 24.8 Å². The highest BCUT2D eigenvalue weighted by Crippen LogP contribution is 2.39. The number of anilines is 1. The van der Waals surface area contributed by atoms with Gasteiger partial charge in [0.2, 0.25) is 0 Å². The number of benzene rings is 2. The van der Waals surface area contributed by atoms with Crippen molar-refractivity contribution in [1.29, 1.82) is 0 Å². The van der Waals surface area contributed by atoms with Crippen LogP contribution in [0.5, 0.6) is 0 Å². The molecule has 1 atom stereocenters. The first kappa shape index (κ1) is 18.9. The molecule has 1 N–H and O–H groups in total. The highest BCUT2D eigenvalue weighted by atomic mass is 35.5. The van der Waals surface area contributed by atoms with Crippen LogP contribution in [0, 0.1) is 6.92 Å². The van der Waals surface area contributed by atoms with E-state index in [2.05, 4.69) is 52.0 Å². The standard InChI is InChI=1S/C23H23ClN6/c1-3-29-14-17(13-25-29)16-4-9-20-21(12-16)22(26-19-7-5-18(24)6-8-19)10-11-30-23(20)15(2)27-28-30/h4-9,12-14,22,26H,3,10-11H2,1-2H3. The van der Waals surface area contributed by atoms with Crippen LogP contribution >= 0.6 is 11.6 Å². The van der Waals surface area contributed by atoms with E-state index in [1.165, 1.54) is 11.1 Å². The number of aryl methyl sites for hydroxylation is 3. The van der Waals surface area contributed by atoms with Gasteiger partial charge in [-0.15, -0.1) is 5.10 Å². The van der Waals surface area contributed by atoms with Gasteiger partial charge in [-0.2, -0.15) is 5.10 Å². The molecule has 30 heavy (non-hydrogen) atoms. The predicted molar refractivity (Wildman–Crippen MR) is 120 cm³/mol. The van der Waals surface area contributed by atoms with Crippen molar-refractivity contribution in [2.75, 3.05) is 5.32 Å². The molecule has 0 spiro atoms. The molecule has 0 radical (unpaired) electrons. The zero-order valence-electron chi connectivity index (χ0n) is 17.0. The molecule has 5 rings (SSSR count). The van der Waals surface area contributed by atoms with Gasteiger partial charge in [0.15, 0.2) is 0 Å². The summed E-state index contributed by atoms with van der Waals surface area (Å²) in [4.78, 5) is 0. The Balaban J connectivity index is 1.61. The molecule has 0 aliphatic carbocycles. The average Bonchev–Trinajstić information content (AvgIpc) is 3.35. The fourth-order valence-corrected chi connectivity index (χ4v) is 4.25. The van der Waals surface area contributed by atoms with Gasteiger partial charge in [0, 0.05) is 41.1 Å². The lowest BCUT2D eigenvalue weighted by Gasteiger charge is -2.21. The zero-order chi connectivity index (χ0) is 20.7. The van der Waals surface area contributed by atoms with Crippen molar-refractivity contribution in [1.82, 2.24) is 24.8 Å². The smallest absolute Gasteiger partial charge is 0.0918 e. The topological polar surface area (TPSA) is 60.6 Å². The number of hydrogen-bond donors (Lipinski definition) is 1. The second-order valence-corrected chi connectivity index (χ2v) is 8.06. The summed E-state index contributed by atoms with van der Waals surface area (Å²) < 4.78 is 3.97. The van der Waals surface area contributed by atoms with Crippen LogP contribution in [0.4, 0.5) is 5.69 Å². The molecule has 2 aromatic heterocycles. The van der Waals surface area contributed by atoms with Crippen molar-refractivity contribution in [3.8, 4) is 22.4 Å². The Kier molecular flexibility index (Phi) is 4.79. The summed E-state index contributed by atoms with van der Waals surface area (Å²) in [6.45, 7) is 5.78. The normalized spacial score (nSPS) is 15.4. The van der Waals surface area contributed by atoms with Gasteiger partial charge in [0.05, 0.1) is 23.6 Å². The first-order valence-corrected chi connectivity index (χ1v) is 10.6. The lowest BCUT2D eigenvalue weighted by Crippen LogP contribution is -2.12. The Morgan fingerprint density at radius 3 is 2.73 bits per heavy atom. The maximum absolute atomic E-state index is 6.07. The molecule has 1 aliphatic heterocycles. The van der Waals surface area contributed by atoms with Crippen molar-refractivity contribution < 1.29 is 0 Å². The van der Waals surface area contributed by atoms with Gasteiger partial charge in [-0.1, -0.05) is 28.9 Å².